The molecule has 3 aliphatic rings. The maximum atomic E-state index is 10.7. The maximum Gasteiger partial charge on any atom is 0.187 e. The molecule has 3 rings (SSSR count). The van der Waals surface area contributed by atoms with Gasteiger partial charge in [-0.05, 0) is 0 Å². The number of methoxy groups -OCH3 is 1. The van der Waals surface area contributed by atoms with Crippen LogP contribution in [-0.2, 0) is 28.4 Å². The van der Waals surface area contributed by atoms with Gasteiger partial charge < -0.3 is 79.5 Å². The van der Waals surface area contributed by atoms with Crippen molar-refractivity contribution < 1.29 is 79.5 Å². The molecule has 206 valence electrons. The van der Waals surface area contributed by atoms with Crippen LogP contribution in [0.1, 0.15) is 0 Å². The summed E-state index contributed by atoms with van der Waals surface area (Å²) in [5.74, 6) is 0. The fourth-order valence-electron chi connectivity index (χ4n) is 4.33. The van der Waals surface area contributed by atoms with E-state index in [2.05, 4.69) is 0 Å². The predicted octanol–water partition coefficient (Wildman–Crippen LogP) is -6.92. The van der Waals surface area contributed by atoms with E-state index in [1.807, 2.05) is 0 Å². The van der Waals surface area contributed by atoms with E-state index < -0.39 is 112 Å². The topological polar surface area (TPSA) is 258 Å². The average Bonchev–Trinajstić information content (AvgIpc) is 2.85. The van der Waals surface area contributed by atoms with Gasteiger partial charge in [0, 0.05) is 7.11 Å². The summed E-state index contributed by atoms with van der Waals surface area (Å²) in [5.41, 5.74) is 0. The van der Waals surface area contributed by atoms with E-state index in [-0.39, 0.29) is 0 Å². The second-order valence-electron chi connectivity index (χ2n) is 8.54. The van der Waals surface area contributed by atoms with Crippen molar-refractivity contribution in [2.45, 2.75) is 92.1 Å². The number of ether oxygens (including phenoxy) is 6. The van der Waals surface area contributed by atoms with Crippen molar-refractivity contribution in [3.05, 3.63) is 0 Å². The van der Waals surface area contributed by atoms with Crippen molar-refractivity contribution in [2.75, 3.05) is 26.9 Å². The third kappa shape index (κ3) is 5.78. The van der Waals surface area contributed by atoms with Crippen molar-refractivity contribution >= 4 is 0 Å². The maximum absolute atomic E-state index is 10.7. The molecule has 0 aliphatic carbocycles. The van der Waals surface area contributed by atoms with E-state index >= 15 is 0 Å². The molecule has 0 aromatic rings. The summed E-state index contributed by atoms with van der Waals surface area (Å²) < 4.78 is 31.8. The van der Waals surface area contributed by atoms with Crippen molar-refractivity contribution in [1.82, 2.24) is 0 Å². The first-order valence-corrected chi connectivity index (χ1v) is 11.0. The van der Waals surface area contributed by atoms with Gasteiger partial charge in [-0.3, -0.25) is 0 Å². The zero-order chi connectivity index (χ0) is 26.0. The lowest BCUT2D eigenvalue weighted by atomic mass is 9.96. The Bertz CT molecular complexity index is 650. The highest BCUT2D eigenvalue weighted by Gasteiger charge is 2.53. The molecule has 16 nitrogen and oxygen atoms in total. The molecule has 3 heterocycles. The van der Waals surface area contributed by atoms with Crippen molar-refractivity contribution in [3.8, 4) is 0 Å². The Morgan fingerprint density at radius 2 is 0.886 bits per heavy atom. The van der Waals surface area contributed by atoms with Crippen LogP contribution in [-0.4, -0.2) is 170 Å². The van der Waals surface area contributed by atoms with Crippen LogP contribution in [0, 0.1) is 0 Å². The molecular weight excluding hydrogens is 484 g/mol. The van der Waals surface area contributed by atoms with Gasteiger partial charge in [0.1, 0.15) is 73.2 Å². The molecule has 0 aromatic carbocycles. The zero-order valence-corrected chi connectivity index (χ0v) is 18.7. The second kappa shape index (κ2) is 12.3. The molecule has 3 aliphatic heterocycles. The van der Waals surface area contributed by atoms with Crippen molar-refractivity contribution in [2.24, 2.45) is 0 Å². The van der Waals surface area contributed by atoms with Gasteiger partial charge in [-0.1, -0.05) is 0 Å². The molecule has 0 aromatic heterocycles. The third-order valence-corrected chi connectivity index (χ3v) is 6.34. The first-order chi connectivity index (χ1) is 16.6. The summed E-state index contributed by atoms with van der Waals surface area (Å²) in [6, 6.07) is 0. The van der Waals surface area contributed by atoms with Gasteiger partial charge in [-0.25, -0.2) is 0 Å². The van der Waals surface area contributed by atoms with E-state index in [0.717, 1.165) is 0 Å². The monoisotopic (exact) mass is 518 g/mol. The predicted molar refractivity (Wildman–Crippen MR) is 106 cm³/mol. The molecule has 0 saturated carbocycles. The van der Waals surface area contributed by atoms with E-state index in [1.165, 1.54) is 7.11 Å². The molecular formula is C19H34O16. The Morgan fingerprint density at radius 1 is 0.514 bits per heavy atom. The van der Waals surface area contributed by atoms with Gasteiger partial charge >= 0.3 is 0 Å². The molecule has 0 spiro atoms. The quantitative estimate of drug-likeness (QED) is 0.143. The summed E-state index contributed by atoms with van der Waals surface area (Å²) in [4.78, 5) is 0. The lowest BCUT2D eigenvalue weighted by molar-refractivity contribution is -0.378. The fraction of sp³-hybridized carbons (Fsp3) is 1.00. The lowest BCUT2D eigenvalue weighted by Gasteiger charge is -2.48. The highest BCUT2D eigenvalue weighted by Crippen LogP contribution is 2.32. The van der Waals surface area contributed by atoms with Crippen molar-refractivity contribution in [3.63, 3.8) is 0 Å². The van der Waals surface area contributed by atoms with Gasteiger partial charge in [-0.2, -0.15) is 0 Å². The van der Waals surface area contributed by atoms with Gasteiger partial charge in [-0.15, -0.1) is 0 Å². The average molecular weight is 518 g/mol. The summed E-state index contributed by atoms with van der Waals surface area (Å²) in [6.07, 6.45) is -23.7. The summed E-state index contributed by atoms with van der Waals surface area (Å²) >= 11 is 0. The van der Waals surface area contributed by atoms with Crippen LogP contribution in [0.25, 0.3) is 0 Å². The zero-order valence-electron chi connectivity index (χ0n) is 18.7. The molecule has 10 N–H and O–H groups in total. The molecule has 16 heteroatoms. The molecule has 6 unspecified atom stereocenters. The van der Waals surface area contributed by atoms with Crippen LogP contribution in [0.4, 0.5) is 0 Å². The Kier molecular flexibility index (Phi) is 10.1. The number of aliphatic hydroxyl groups is 10. The Labute approximate surface area is 199 Å². The Balaban J connectivity index is 1.72. The molecule has 3 fully saturated rings. The van der Waals surface area contributed by atoms with E-state index in [0.29, 0.717) is 0 Å². The molecule has 3 saturated heterocycles. The summed E-state index contributed by atoms with van der Waals surface area (Å²) in [5, 5.41) is 100. The van der Waals surface area contributed by atoms with Crippen LogP contribution in [0.15, 0.2) is 0 Å². The van der Waals surface area contributed by atoms with Crippen molar-refractivity contribution in [1.29, 1.82) is 0 Å². The second-order valence-corrected chi connectivity index (χ2v) is 8.54. The van der Waals surface area contributed by atoms with Crippen LogP contribution < -0.4 is 0 Å². The van der Waals surface area contributed by atoms with E-state index in [1.54, 1.807) is 0 Å². The summed E-state index contributed by atoms with van der Waals surface area (Å²) in [6.45, 7) is -2.15. The van der Waals surface area contributed by atoms with Gasteiger partial charge in [0.2, 0.25) is 0 Å². The van der Waals surface area contributed by atoms with Crippen LogP contribution >= 0.6 is 0 Å². The standard InChI is InChI=1S/C19H34O16/c1-30-14-5(2-20)32-18(12(27)9(14)24)35-16-7(4-22)33-19(13(28)10(16)25)34-15-6(3-21)31-17(29)11(26)8(15)23/h5-29H,2-4H2,1H3/t5?,6?,7-,8-,9-,10?,11?,12?,13?,14+,15+,16+,17+,18-,19-/m0/s1. The third-order valence-electron chi connectivity index (χ3n) is 6.34. The van der Waals surface area contributed by atoms with Gasteiger partial charge in [0.05, 0.1) is 19.8 Å². The van der Waals surface area contributed by atoms with Gasteiger partial charge in [0.25, 0.3) is 0 Å². The highest BCUT2D eigenvalue weighted by molar-refractivity contribution is 4.96. The normalized spacial score (nSPS) is 51.3. The number of rotatable bonds is 8. The minimum atomic E-state index is -1.88. The minimum absolute atomic E-state index is 0.605. The van der Waals surface area contributed by atoms with Crippen LogP contribution in [0.2, 0.25) is 0 Å². The number of aliphatic hydroxyl groups excluding tert-OH is 10. The van der Waals surface area contributed by atoms with Crippen LogP contribution in [0.3, 0.4) is 0 Å². The lowest BCUT2D eigenvalue weighted by Crippen LogP contribution is -2.66. The Hall–Kier alpha value is -0.640. The van der Waals surface area contributed by atoms with Crippen LogP contribution in [0.5, 0.6) is 0 Å². The van der Waals surface area contributed by atoms with E-state index in [4.69, 9.17) is 28.4 Å². The SMILES string of the molecule is CO[C@@H]1C(CO)O[C@@H](O[C@H]2C(O)C(O)[C@H](O[C@@H]3C(CO)O[C@@H](O)C(O)[C@@H]3O)O[C@H]2CO)C(O)[C@@H]1O. The number of hydrogen-bond donors (Lipinski definition) is 10. The summed E-state index contributed by atoms with van der Waals surface area (Å²) in [7, 11) is 1.24. The van der Waals surface area contributed by atoms with Gasteiger partial charge in [0.15, 0.2) is 18.9 Å². The molecule has 0 amide bonds. The Morgan fingerprint density at radius 3 is 1.31 bits per heavy atom. The molecule has 0 bridgehead atoms. The largest absolute Gasteiger partial charge is 0.394 e. The molecule has 0 radical (unpaired) electrons. The highest BCUT2D eigenvalue weighted by atomic mass is 16.8. The minimum Gasteiger partial charge on any atom is -0.394 e. The number of hydrogen-bond acceptors (Lipinski definition) is 16. The first kappa shape index (κ1) is 28.9. The first-order valence-electron chi connectivity index (χ1n) is 11.0. The smallest absolute Gasteiger partial charge is 0.187 e. The van der Waals surface area contributed by atoms with E-state index in [9.17, 15) is 51.1 Å². The molecule has 35 heavy (non-hydrogen) atoms. The fourth-order valence-corrected chi connectivity index (χ4v) is 4.33. The molecule has 15 atom stereocenters.